The lowest BCUT2D eigenvalue weighted by Gasteiger charge is -2.40. The molecule has 0 N–H and O–H groups in total. The van der Waals surface area contributed by atoms with Crippen molar-refractivity contribution in [3.63, 3.8) is 0 Å². The maximum Gasteiger partial charge on any atom is 0.154 e. The van der Waals surface area contributed by atoms with Crippen LogP contribution in [0, 0.1) is 0 Å². The second kappa shape index (κ2) is 4.22. The summed E-state index contributed by atoms with van der Waals surface area (Å²) in [5.74, 6) is 0. The Morgan fingerprint density at radius 3 is 2.38 bits per heavy atom. The summed E-state index contributed by atoms with van der Waals surface area (Å²) in [7, 11) is 6.81. The average molecular weight is 277 g/mol. The standard InChI is InChI=1S/C19H21N2/c1-20-13-21(2,3)12-18-17-11-15-7-5-4-6-14(15)10-16(17)8-9-19(18)20/h4-11H,12-13H2,1-3H3/q+1. The first kappa shape index (κ1) is 12.7. The Morgan fingerprint density at radius 1 is 0.905 bits per heavy atom. The fourth-order valence-electron chi connectivity index (χ4n) is 3.72. The number of quaternary nitrogens is 1. The van der Waals surface area contributed by atoms with Crippen LogP contribution in [0.3, 0.4) is 0 Å². The van der Waals surface area contributed by atoms with E-state index in [0.717, 1.165) is 17.7 Å². The molecule has 1 aliphatic rings. The first-order valence-corrected chi connectivity index (χ1v) is 7.51. The predicted octanol–water partition coefficient (Wildman–Crippen LogP) is 3.98. The molecule has 0 atom stereocenters. The molecule has 3 aromatic rings. The van der Waals surface area contributed by atoms with Crippen molar-refractivity contribution in [2.75, 3.05) is 32.7 Å². The number of benzene rings is 3. The second-order valence-corrected chi connectivity index (χ2v) is 6.92. The largest absolute Gasteiger partial charge is 0.328 e. The van der Waals surface area contributed by atoms with E-state index in [9.17, 15) is 0 Å². The summed E-state index contributed by atoms with van der Waals surface area (Å²) in [6.07, 6.45) is 0. The Hall–Kier alpha value is -2.06. The van der Waals surface area contributed by atoms with E-state index in [4.69, 9.17) is 0 Å². The minimum Gasteiger partial charge on any atom is -0.328 e. The van der Waals surface area contributed by atoms with Gasteiger partial charge >= 0.3 is 0 Å². The van der Waals surface area contributed by atoms with Crippen LogP contribution >= 0.6 is 0 Å². The smallest absolute Gasteiger partial charge is 0.154 e. The van der Waals surface area contributed by atoms with Gasteiger partial charge in [-0.1, -0.05) is 30.3 Å². The molecular weight excluding hydrogens is 256 g/mol. The van der Waals surface area contributed by atoms with Crippen molar-refractivity contribution in [3.05, 3.63) is 54.1 Å². The van der Waals surface area contributed by atoms with E-state index in [1.165, 1.54) is 32.8 Å². The topological polar surface area (TPSA) is 3.24 Å². The second-order valence-electron chi connectivity index (χ2n) is 6.92. The molecular formula is C19H21N2+. The average Bonchev–Trinajstić information content (AvgIpc) is 2.44. The molecule has 0 saturated heterocycles. The molecule has 0 fully saturated rings. The fraction of sp³-hybridized carbons (Fsp3) is 0.263. The van der Waals surface area contributed by atoms with Gasteiger partial charge in [0.05, 0.1) is 19.8 Å². The monoisotopic (exact) mass is 277 g/mol. The molecule has 4 rings (SSSR count). The molecule has 0 spiro atoms. The predicted molar refractivity (Wildman–Crippen MR) is 90.5 cm³/mol. The van der Waals surface area contributed by atoms with Gasteiger partial charge in [0.15, 0.2) is 6.67 Å². The van der Waals surface area contributed by atoms with Gasteiger partial charge < -0.3 is 9.38 Å². The van der Waals surface area contributed by atoms with Crippen LogP contribution in [0.4, 0.5) is 5.69 Å². The van der Waals surface area contributed by atoms with Gasteiger partial charge in [0.1, 0.15) is 6.54 Å². The first-order chi connectivity index (χ1) is 10.0. The normalized spacial score (nSPS) is 17.2. The Balaban J connectivity index is 2.06. The van der Waals surface area contributed by atoms with Crippen molar-refractivity contribution < 1.29 is 4.48 Å². The van der Waals surface area contributed by atoms with Gasteiger partial charge in [-0.3, -0.25) is 0 Å². The number of hydrogen-bond donors (Lipinski definition) is 0. The molecule has 0 aliphatic carbocycles. The molecule has 1 heterocycles. The van der Waals surface area contributed by atoms with Gasteiger partial charge in [0, 0.05) is 12.6 Å². The van der Waals surface area contributed by atoms with Crippen LogP contribution < -0.4 is 4.90 Å². The highest BCUT2D eigenvalue weighted by Crippen LogP contribution is 2.36. The quantitative estimate of drug-likeness (QED) is 0.444. The van der Waals surface area contributed by atoms with E-state index in [1.807, 2.05) is 0 Å². The van der Waals surface area contributed by atoms with Crippen LogP contribution in [0.5, 0.6) is 0 Å². The molecule has 0 saturated carbocycles. The highest BCUT2D eigenvalue weighted by molar-refractivity contribution is 6.01. The Kier molecular flexibility index (Phi) is 2.54. The highest BCUT2D eigenvalue weighted by Gasteiger charge is 2.28. The summed E-state index contributed by atoms with van der Waals surface area (Å²) in [4.78, 5) is 2.38. The summed E-state index contributed by atoms with van der Waals surface area (Å²) in [6.45, 7) is 2.15. The molecule has 0 amide bonds. The Labute approximate surface area is 125 Å². The van der Waals surface area contributed by atoms with Gasteiger partial charge in [-0.25, -0.2) is 0 Å². The molecule has 3 aromatic carbocycles. The third-order valence-corrected chi connectivity index (χ3v) is 4.57. The van der Waals surface area contributed by atoms with Crippen molar-refractivity contribution in [2.45, 2.75) is 6.54 Å². The minimum absolute atomic E-state index is 1.01. The molecule has 1 aliphatic heterocycles. The van der Waals surface area contributed by atoms with Gasteiger partial charge in [0.2, 0.25) is 0 Å². The van der Waals surface area contributed by atoms with Gasteiger partial charge in [-0.2, -0.15) is 0 Å². The van der Waals surface area contributed by atoms with Crippen LogP contribution in [0.15, 0.2) is 48.5 Å². The summed E-state index contributed by atoms with van der Waals surface area (Å²) < 4.78 is 1.01. The Morgan fingerprint density at radius 2 is 1.62 bits per heavy atom. The van der Waals surface area contributed by atoms with Gasteiger partial charge in [0.25, 0.3) is 0 Å². The van der Waals surface area contributed by atoms with Crippen LogP contribution in [0.2, 0.25) is 0 Å². The van der Waals surface area contributed by atoms with Crippen molar-refractivity contribution in [1.29, 1.82) is 0 Å². The van der Waals surface area contributed by atoms with E-state index in [-0.39, 0.29) is 0 Å². The zero-order valence-corrected chi connectivity index (χ0v) is 12.9. The van der Waals surface area contributed by atoms with E-state index in [1.54, 1.807) is 0 Å². The fourth-order valence-corrected chi connectivity index (χ4v) is 3.72. The third kappa shape index (κ3) is 1.98. The van der Waals surface area contributed by atoms with Gasteiger partial charge in [-0.15, -0.1) is 0 Å². The number of fused-ring (bicyclic) bond motifs is 4. The van der Waals surface area contributed by atoms with Crippen LogP contribution in [0.25, 0.3) is 21.5 Å². The van der Waals surface area contributed by atoms with E-state index in [0.29, 0.717) is 0 Å². The minimum atomic E-state index is 1.01. The molecule has 106 valence electrons. The lowest BCUT2D eigenvalue weighted by atomic mass is 9.96. The van der Waals surface area contributed by atoms with Crippen molar-refractivity contribution in [1.82, 2.24) is 0 Å². The lowest BCUT2D eigenvalue weighted by Crippen LogP contribution is -2.50. The summed E-state index contributed by atoms with van der Waals surface area (Å²) in [5.41, 5.74) is 2.87. The highest BCUT2D eigenvalue weighted by atomic mass is 15.4. The van der Waals surface area contributed by atoms with Crippen LogP contribution in [0.1, 0.15) is 5.56 Å². The summed E-state index contributed by atoms with van der Waals surface area (Å²) >= 11 is 0. The van der Waals surface area contributed by atoms with Crippen LogP contribution in [-0.4, -0.2) is 32.3 Å². The number of rotatable bonds is 0. The summed E-state index contributed by atoms with van der Waals surface area (Å²) in [6, 6.07) is 17.9. The van der Waals surface area contributed by atoms with Crippen LogP contribution in [-0.2, 0) is 6.54 Å². The molecule has 0 bridgehead atoms. The SMILES string of the molecule is CN1C[N+](C)(C)Cc2c1ccc1cc3ccccc3cc21. The van der Waals surface area contributed by atoms with E-state index >= 15 is 0 Å². The molecule has 21 heavy (non-hydrogen) atoms. The van der Waals surface area contributed by atoms with Crippen molar-refractivity contribution in [3.8, 4) is 0 Å². The maximum absolute atomic E-state index is 2.38. The maximum atomic E-state index is 2.38. The lowest BCUT2D eigenvalue weighted by molar-refractivity contribution is -0.904. The number of nitrogens with zero attached hydrogens (tertiary/aromatic N) is 2. The van der Waals surface area contributed by atoms with E-state index in [2.05, 4.69) is 74.6 Å². The van der Waals surface area contributed by atoms with Gasteiger partial charge in [-0.05, 0) is 39.7 Å². The molecule has 0 unspecified atom stereocenters. The molecule has 2 heteroatoms. The van der Waals surface area contributed by atoms with E-state index < -0.39 is 0 Å². The van der Waals surface area contributed by atoms with Crippen molar-refractivity contribution in [2.24, 2.45) is 0 Å². The zero-order chi connectivity index (χ0) is 14.6. The Bertz CT molecular complexity index is 849. The first-order valence-electron chi connectivity index (χ1n) is 7.51. The molecule has 2 nitrogen and oxygen atoms in total. The molecule has 0 radical (unpaired) electrons. The zero-order valence-electron chi connectivity index (χ0n) is 12.9. The van der Waals surface area contributed by atoms with Crippen molar-refractivity contribution >= 4 is 27.2 Å². The number of hydrogen-bond acceptors (Lipinski definition) is 1. The number of anilines is 1. The third-order valence-electron chi connectivity index (χ3n) is 4.57. The summed E-state index contributed by atoms with van der Waals surface area (Å²) in [5, 5.41) is 5.41. The molecule has 0 aromatic heterocycles.